The summed E-state index contributed by atoms with van der Waals surface area (Å²) in [6, 6.07) is 3.52. The van der Waals surface area contributed by atoms with Crippen LogP contribution in [0.3, 0.4) is 0 Å². The molecule has 0 aromatic carbocycles. The minimum absolute atomic E-state index is 0.331. The third-order valence-corrected chi connectivity index (χ3v) is 1.88. The van der Waals surface area contributed by atoms with Crippen LogP contribution in [0.5, 0.6) is 0 Å². The van der Waals surface area contributed by atoms with Crippen molar-refractivity contribution in [3.05, 3.63) is 33.4 Å². The molecular weight excluding hydrogens is 238 g/mol. The Balaban J connectivity index is 2.47. The monoisotopic (exact) mass is 241 g/mol. The summed E-state index contributed by atoms with van der Waals surface area (Å²) in [7, 11) is 0. The lowest BCUT2D eigenvalue weighted by Gasteiger charge is -1.92. The summed E-state index contributed by atoms with van der Waals surface area (Å²) in [6.45, 7) is 0. The Bertz CT molecular complexity index is 459. The van der Waals surface area contributed by atoms with Gasteiger partial charge in [0, 0.05) is 10.7 Å². The Kier molecular flexibility index (Phi) is 1.97. The maximum absolute atomic E-state index is 10.6. The fraction of sp³-hybridized carbons (Fsp3) is 0. The molecule has 0 unspecified atom stereocenters. The van der Waals surface area contributed by atoms with Crippen molar-refractivity contribution in [2.24, 2.45) is 0 Å². The molecule has 66 valence electrons. The quantitative estimate of drug-likeness (QED) is 0.815. The van der Waals surface area contributed by atoms with Crippen molar-refractivity contribution >= 4 is 15.9 Å². The van der Waals surface area contributed by atoms with E-state index in [2.05, 4.69) is 35.6 Å². The zero-order valence-corrected chi connectivity index (χ0v) is 7.91. The van der Waals surface area contributed by atoms with Crippen LogP contribution in [-0.4, -0.2) is 15.1 Å². The molecule has 0 radical (unpaired) electrons. The molecule has 5 nitrogen and oxygen atoms in total. The highest BCUT2D eigenvalue weighted by molar-refractivity contribution is 9.10. The molecule has 0 atom stereocenters. The van der Waals surface area contributed by atoms with E-state index >= 15 is 0 Å². The minimum Gasteiger partial charge on any atom is -0.296 e. The van der Waals surface area contributed by atoms with E-state index in [0.717, 1.165) is 4.47 Å². The molecular formula is C7H4BrN3O2. The van der Waals surface area contributed by atoms with Gasteiger partial charge in [-0.2, -0.15) is 0 Å². The van der Waals surface area contributed by atoms with E-state index in [9.17, 15) is 4.79 Å². The number of aromatic amines is 1. The molecule has 0 aliphatic carbocycles. The van der Waals surface area contributed by atoms with Crippen LogP contribution in [0.1, 0.15) is 0 Å². The van der Waals surface area contributed by atoms with Crippen LogP contribution in [0.25, 0.3) is 11.5 Å². The first kappa shape index (κ1) is 8.18. The molecule has 0 saturated heterocycles. The normalized spacial score (nSPS) is 10.2. The number of nitrogens with one attached hydrogen (secondary N) is 1. The lowest BCUT2D eigenvalue weighted by atomic mass is 10.3. The third kappa shape index (κ3) is 1.67. The number of aromatic nitrogens is 3. The molecule has 0 aliphatic rings. The molecule has 0 aliphatic heterocycles. The average Bonchev–Trinajstić information content (AvgIpc) is 2.53. The molecule has 6 heteroatoms. The van der Waals surface area contributed by atoms with Gasteiger partial charge in [-0.3, -0.25) is 14.5 Å². The number of hydrogen-bond donors (Lipinski definition) is 1. The predicted molar refractivity (Wildman–Crippen MR) is 48.1 cm³/mol. The number of halogens is 1. The van der Waals surface area contributed by atoms with E-state index in [4.69, 9.17) is 0 Å². The predicted octanol–water partition coefficient (Wildman–Crippen LogP) is 1.19. The van der Waals surface area contributed by atoms with Gasteiger partial charge >= 0.3 is 5.76 Å². The fourth-order valence-corrected chi connectivity index (χ4v) is 1.09. The van der Waals surface area contributed by atoms with Gasteiger partial charge in [0.2, 0.25) is 5.82 Å². The van der Waals surface area contributed by atoms with E-state index < -0.39 is 5.76 Å². The second-order valence-corrected chi connectivity index (χ2v) is 3.22. The molecule has 2 aromatic heterocycles. The Hall–Kier alpha value is -1.43. The SMILES string of the molecule is O=c1[nH]c(-c2ccc(Br)cn2)no1. The number of nitrogens with zero attached hydrogens (tertiary/aromatic N) is 2. The van der Waals surface area contributed by atoms with E-state index in [0.29, 0.717) is 11.5 Å². The smallest absolute Gasteiger partial charge is 0.296 e. The van der Waals surface area contributed by atoms with Crippen molar-refractivity contribution in [1.29, 1.82) is 0 Å². The Morgan fingerprint density at radius 3 is 2.85 bits per heavy atom. The summed E-state index contributed by atoms with van der Waals surface area (Å²) >= 11 is 3.24. The first-order chi connectivity index (χ1) is 6.25. The summed E-state index contributed by atoms with van der Waals surface area (Å²) in [5.74, 6) is -0.253. The van der Waals surface area contributed by atoms with E-state index in [1.807, 2.05) is 0 Å². The van der Waals surface area contributed by atoms with Crippen LogP contribution in [-0.2, 0) is 0 Å². The van der Waals surface area contributed by atoms with Gasteiger partial charge in [-0.1, -0.05) is 5.16 Å². The van der Waals surface area contributed by atoms with Gasteiger partial charge in [-0.25, -0.2) is 4.79 Å². The molecule has 0 saturated carbocycles. The van der Waals surface area contributed by atoms with E-state index in [-0.39, 0.29) is 0 Å². The highest BCUT2D eigenvalue weighted by Crippen LogP contribution is 2.13. The second kappa shape index (κ2) is 3.14. The minimum atomic E-state index is -0.584. The number of rotatable bonds is 1. The number of H-pyrrole nitrogens is 1. The molecule has 2 aromatic rings. The number of pyridine rings is 1. The van der Waals surface area contributed by atoms with Crippen molar-refractivity contribution < 1.29 is 4.52 Å². The molecule has 1 N–H and O–H groups in total. The van der Waals surface area contributed by atoms with Gasteiger partial charge in [0.1, 0.15) is 5.69 Å². The van der Waals surface area contributed by atoms with Crippen LogP contribution in [0, 0.1) is 0 Å². The summed E-state index contributed by atoms with van der Waals surface area (Å²) in [5, 5.41) is 3.49. The Morgan fingerprint density at radius 2 is 2.31 bits per heavy atom. The Morgan fingerprint density at radius 1 is 1.46 bits per heavy atom. The van der Waals surface area contributed by atoms with Gasteiger partial charge < -0.3 is 0 Å². The van der Waals surface area contributed by atoms with Gasteiger partial charge in [0.05, 0.1) is 0 Å². The number of hydrogen-bond acceptors (Lipinski definition) is 4. The lowest BCUT2D eigenvalue weighted by molar-refractivity contribution is 0.387. The van der Waals surface area contributed by atoms with Crippen molar-refractivity contribution in [2.45, 2.75) is 0 Å². The largest absolute Gasteiger partial charge is 0.439 e. The summed E-state index contributed by atoms with van der Waals surface area (Å²) < 4.78 is 5.20. The molecule has 2 heterocycles. The van der Waals surface area contributed by atoms with Crippen molar-refractivity contribution in [3.63, 3.8) is 0 Å². The average molecular weight is 242 g/mol. The second-order valence-electron chi connectivity index (χ2n) is 2.31. The highest BCUT2D eigenvalue weighted by atomic mass is 79.9. The van der Waals surface area contributed by atoms with Crippen LogP contribution in [0.2, 0.25) is 0 Å². The maximum atomic E-state index is 10.6. The van der Waals surface area contributed by atoms with Crippen LogP contribution < -0.4 is 5.76 Å². The maximum Gasteiger partial charge on any atom is 0.439 e. The molecule has 2 rings (SSSR count). The van der Waals surface area contributed by atoms with E-state index in [1.54, 1.807) is 18.3 Å². The standard InChI is InChI=1S/C7H4BrN3O2/c8-4-1-2-5(9-3-4)6-10-7(12)13-11-6/h1-3H,(H,10,11,12). The summed E-state index contributed by atoms with van der Waals surface area (Å²) in [4.78, 5) is 17.0. The molecule has 0 fully saturated rings. The molecule has 0 bridgehead atoms. The topological polar surface area (TPSA) is 71.8 Å². The first-order valence-corrected chi connectivity index (χ1v) is 4.23. The van der Waals surface area contributed by atoms with E-state index in [1.165, 1.54) is 0 Å². The third-order valence-electron chi connectivity index (χ3n) is 1.41. The van der Waals surface area contributed by atoms with Gasteiger partial charge in [0.25, 0.3) is 0 Å². The molecule has 0 spiro atoms. The van der Waals surface area contributed by atoms with Crippen molar-refractivity contribution in [1.82, 2.24) is 15.1 Å². The molecule has 13 heavy (non-hydrogen) atoms. The molecule has 0 amide bonds. The summed E-state index contributed by atoms with van der Waals surface area (Å²) in [5.41, 5.74) is 0.564. The summed E-state index contributed by atoms with van der Waals surface area (Å²) in [6.07, 6.45) is 1.61. The van der Waals surface area contributed by atoms with Gasteiger partial charge in [-0.15, -0.1) is 0 Å². The van der Waals surface area contributed by atoms with Crippen LogP contribution in [0.4, 0.5) is 0 Å². The zero-order valence-electron chi connectivity index (χ0n) is 6.32. The lowest BCUT2D eigenvalue weighted by Crippen LogP contribution is -1.95. The highest BCUT2D eigenvalue weighted by Gasteiger charge is 2.04. The van der Waals surface area contributed by atoms with Gasteiger partial charge in [-0.05, 0) is 28.1 Å². The van der Waals surface area contributed by atoms with Crippen molar-refractivity contribution in [2.75, 3.05) is 0 Å². The van der Waals surface area contributed by atoms with Crippen LogP contribution in [0.15, 0.2) is 32.1 Å². The van der Waals surface area contributed by atoms with Gasteiger partial charge in [0.15, 0.2) is 0 Å². The zero-order chi connectivity index (χ0) is 9.26. The van der Waals surface area contributed by atoms with Crippen molar-refractivity contribution in [3.8, 4) is 11.5 Å². The van der Waals surface area contributed by atoms with Crippen LogP contribution >= 0.6 is 15.9 Å². The fourth-order valence-electron chi connectivity index (χ4n) is 0.856. The Labute approximate surface area is 80.9 Å². The first-order valence-electron chi connectivity index (χ1n) is 3.43.